The van der Waals surface area contributed by atoms with Crippen molar-refractivity contribution in [2.75, 3.05) is 6.54 Å². The number of benzene rings is 1. The smallest absolute Gasteiger partial charge is 0.243 e. The summed E-state index contributed by atoms with van der Waals surface area (Å²) in [5.41, 5.74) is 1.38. The lowest BCUT2D eigenvalue weighted by atomic mass is 10.0. The maximum Gasteiger partial charge on any atom is 0.243 e. The van der Waals surface area contributed by atoms with Gasteiger partial charge in [0, 0.05) is 12.1 Å². The van der Waals surface area contributed by atoms with Crippen LogP contribution in [0.5, 0.6) is 0 Å². The summed E-state index contributed by atoms with van der Waals surface area (Å²) in [6, 6.07) is 6.36. The van der Waals surface area contributed by atoms with E-state index in [0.29, 0.717) is 18.5 Å². The van der Waals surface area contributed by atoms with Gasteiger partial charge in [-0.25, -0.2) is 8.42 Å². The van der Waals surface area contributed by atoms with Gasteiger partial charge < -0.3 is 0 Å². The number of ketones is 1. The predicted molar refractivity (Wildman–Crippen MR) is 77.9 cm³/mol. The topological polar surface area (TPSA) is 54.5 Å². The van der Waals surface area contributed by atoms with Crippen LogP contribution in [0.15, 0.2) is 41.3 Å². The van der Waals surface area contributed by atoms with Gasteiger partial charge >= 0.3 is 0 Å². The number of aryl methyl sites for hydroxylation is 1. The Bertz CT molecular complexity index is 632. The molecule has 5 heteroatoms. The van der Waals surface area contributed by atoms with Crippen molar-refractivity contribution >= 4 is 15.8 Å². The number of Topliss-reactive ketones (excluding diaryl/α,β-unsaturated/α-hetero) is 1. The molecule has 2 rings (SSSR count). The van der Waals surface area contributed by atoms with Gasteiger partial charge in [-0.3, -0.25) is 4.79 Å². The first kappa shape index (κ1) is 14.9. The van der Waals surface area contributed by atoms with Gasteiger partial charge in [0.1, 0.15) is 0 Å². The molecule has 1 heterocycles. The van der Waals surface area contributed by atoms with E-state index in [1.54, 1.807) is 24.3 Å². The van der Waals surface area contributed by atoms with Crippen LogP contribution >= 0.6 is 0 Å². The number of carbonyl (C=O) groups excluding carboxylic acids is 1. The number of hydrogen-bond acceptors (Lipinski definition) is 3. The fourth-order valence-corrected chi connectivity index (χ4v) is 4.14. The zero-order valence-electron chi connectivity index (χ0n) is 11.8. The van der Waals surface area contributed by atoms with Crippen molar-refractivity contribution in [2.45, 2.75) is 37.6 Å². The van der Waals surface area contributed by atoms with Gasteiger partial charge in [-0.2, -0.15) is 4.31 Å². The number of rotatable bonds is 4. The molecular weight excluding hydrogens is 274 g/mol. The van der Waals surface area contributed by atoms with Gasteiger partial charge in [0.25, 0.3) is 0 Å². The van der Waals surface area contributed by atoms with Gasteiger partial charge in [-0.05, 0) is 38.8 Å². The molecule has 0 N–H and O–H groups in total. The van der Waals surface area contributed by atoms with Crippen LogP contribution in [0.1, 0.15) is 25.3 Å². The third-order valence-corrected chi connectivity index (χ3v) is 5.61. The minimum absolute atomic E-state index is 0.152. The fraction of sp³-hybridized carbons (Fsp3) is 0.400. The monoisotopic (exact) mass is 293 g/mol. The Kier molecular flexibility index (Phi) is 4.11. The summed E-state index contributed by atoms with van der Waals surface area (Å²) in [4.78, 5) is 11.7. The van der Waals surface area contributed by atoms with Gasteiger partial charge in [0.05, 0.1) is 10.9 Å². The van der Waals surface area contributed by atoms with Gasteiger partial charge in [-0.15, -0.1) is 0 Å². The molecule has 1 atom stereocenters. The molecule has 0 spiro atoms. The van der Waals surface area contributed by atoms with Gasteiger partial charge in [0.15, 0.2) is 5.78 Å². The van der Waals surface area contributed by atoms with Crippen LogP contribution in [0.25, 0.3) is 0 Å². The minimum Gasteiger partial charge on any atom is -0.295 e. The number of carbonyl (C=O) groups is 1. The van der Waals surface area contributed by atoms with E-state index in [0.717, 1.165) is 12.0 Å². The maximum atomic E-state index is 12.7. The molecule has 1 aromatic rings. The second-order valence-electron chi connectivity index (χ2n) is 5.17. The molecule has 20 heavy (non-hydrogen) atoms. The van der Waals surface area contributed by atoms with Crippen molar-refractivity contribution in [3.63, 3.8) is 0 Å². The van der Waals surface area contributed by atoms with Crippen LogP contribution < -0.4 is 0 Å². The molecule has 4 nitrogen and oxygen atoms in total. The second kappa shape index (κ2) is 5.50. The molecule has 0 bridgehead atoms. The summed E-state index contributed by atoms with van der Waals surface area (Å²) in [5, 5.41) is 0. The lowest BCUT2D eigenvalue weighted by Gasteiger charge is -2.24. The van der Waals surface area contributed by atoms with E-state index in [1.807, 2.05) is 6.92 Å². The van der Waals surface area contributed by atoms with Crippen LogP contribution in [-0.2, 0) is 14.8 Å². The molecule has 0 aromatic heterocycles. The van der Waals surface area contributed by atoms with E-state index in [1.165, 1.54) is 11.2 Å². The predicted octanol–water partition coefficient (Wildman–Crippen LogP) is 2.29. The van der Waals surface area contributed by atoms with E-state index in [2.05, 4.69) is 6.58 Å². The zero-order chi connectivity index (χ0) is 14.9. The Morgan fingerprint density at radius 3 is 2.45 bits per heavy atom. The van der Waals surface area contributed by atoms with Crippen LogP contribution in [0.4, 0.5) is 0 Å². The Morgan fingerprint density at radius 1 is 1.30 bits per heavy atom. The summed E-state index contributed by atoms with van der Waals surface area (Å²) in [7, 11) is -3.56. The molecule has 1 saturated heterocycles. The summed E-state index contributed by atoms with van der Waals surface area (Å²) in [5.74, 6) is -0.152. The fourth-order valence-electron chi connectivity index (χ4n) is 2.46. The van der Waals surface area contributed by atoms with Crippen LogP contribution in [0.2, 0.25) is 0 Å². The molecule has 1 unspecified atom stereocenters. The van der Waals surface area contributed by atoms with E-state index < -0.39 is 16.1 Å². The highest BCUT2D eigenvalue weighted by Crippen LogP contribution is 2.29. The lowest BCUT2D eigenvalue weighted by Crippen LogP contribution is -2.37. The third-order valence-electron chi connectivity index (χ3n) is 3.69. The largest absolute Gasteiger partial charge is 0.295 e. The first-order valence-electron chi connectivity index (χ1n) is 6.62. The van der Waals surface area contributed by atoms with Crippen LogP contribution in [-0.4, -0.2) is 31.1 Å². The summed E-state index contributed by atoms with van der Waals surface area (Å²) < 4.78 is 26.7. The maximum absolute atomic E-state index is 12.7. The van der Waals surface area contributed by atoms with Crippen molar-refractivity contribution in [3.8, 4) is 0 Å². The molecule has 0 radical (unpaired) electrons. The van der Waals surface area contributed by atoms with Crippen molar-refractivity contribution in [2.24, 2.45) is 0 Å². The Hall–Kier alpha value is -1.46. The average Bonchev–Trinajstić information content (AvgIpc) is 2.88. The van der Waals surface area contributed by atoms with Crippen molar-refractivity contribution < 1.29 is 13.2 Å². The van der Waals surface area contributed by atoms with Crippen LogP contribution in [0.3, 0.4) is 0 Å². The molecule has 1 aromatic carbocycles. The molecular formula is C15H19NO3S. The molecule has 1 fully saturated rings. The first-order chi connectivity index (χ1) is 9.34. The lowest BCUT2D eigenvalue weighted by molar-refractivity contribution is -0.114. The summed E-state index contributed by atoms with van der Waals surface area (Å²) >= 11 is 0. The molecule has 0 amide bonds. The number of sulfonamides is 1. The summed E-state index contributed by atoms with van der Waals surface area (Å²) in [6.07, 6.45) is 1.41. The van der Waals surface area contributed by atoms with Gasteiger partial charge in [0.2, 0.25) is 10.0 Å². The molecule has 1 aliphatic rings. The van der Waals surface area contributed by atoms with E-state index >= 15 is 0 Å². The first-order valence-corrected chi connectivity index (χ1v) is 8.06. The highest BCUT2D eigenvalue weighted by molar-refractivity contribution is 7.89. The standard InChI is InChI=1S/C15H19NO3S/c1-11-6-8-14(9-7-11)20(18,19)16-10-4-5-15(16)12(2)13(3)17/h6-9,15H,2,4-5,10H2,1,3H3. The number of nitrogens with zero attached hydrogens (tertiary/aromatic N) is 1. The third kappa shape index (κ3) is 2.69. The average molecular weight is 293 g/mol. The molecule has 0 saturated carbocycles. The number of hydrogen-bond donors (Lipinski definition) is 0. The van der Waals surface area contributed by atoms with Crippen molar-refractivity contribution in [1.82, 2.24) is 4.31 Å². The summed E-state index contributed by atoms with van der Waals surface area (Å²) in [6.45, 7) is 7.53. The Balaban J connectivity index is 2.35. The van der Waals surface area contributed by atoms with Crippen LogP contribution in [0, 0.1) is 6.92 Å². The molecule has 0 aliphatic carbocycles. The molecule has 1 aliphatic heterocycles. The van der Waals surface area contributed by atoms with Crippen molar-refractivity contribution in [3.05, 3.63) is 42.0 Å². The highest BCUT2D eigenvalue weighted by Gasteiger charge is 2.37. The normalized spacial score (nSPS) is 20.0. The highest BCUT2D eigenvalue weighted by atomic mass is 32.2. The SMILES string of the molecule is C=C(C(C)=O)C1CCCN1S(=O)(=O)c1ccc(C)cc1. The Labute approximate surface area is 120 Å². The van der Waals surface area contributed by atoms with E-state index in [9.17, 15) is 13.2 Å². The van der Waals surface area contributed by atoms with E-state index in [4.69, 9.17) is 0 Å². The van der Waals surface area contributed by atoms with Gasteiger partial charge in [-0.1, -0.05) is 24.3 Å². The molecule has 108 valence electrons. The quantitative estimate of drug-likeness (QED) is 0.800. The zero-order valence-corrected chi connectivity index (χ0v) is 12.6. The van der Waals surface area contributed by atoms with Crippen molar-refractivity contribution in [1.29, 1.82) is 0 Å². The Morgan fingerprint density at radius 2 is 1.90 bits per heavy atom. The minimum atomic E-state index is -3.56. The second-order valence-corrected chi connectivity index (χ2v) is 7.06. The van der Waals surface area contributed by atoms with E-state index in [-0.39, 0.29) is 10.7 Å².